The predicted molar refractivity (Wildman–Crippen MR) is 66.5 cm³/mol. The van der Waals surface area contributed by atoms with Gasteiger partial charge in [-0.1, -0.05) is 6.07 Å². The molecule has 6 heteroatoms. The topological polar surface area (TPSA) is 83.3 Å². The molecule has 19 heavy (non-hydrogen) atoms. The second kappa shape index (κ2) is 7.82. The smallest absolute Gasteiger partial charge is 0.397 e. The third kappa shape index (κ3) is 4.76. The summed E-state index contributed by atoms with van der Waals surface area (Å²) in [7, 11) is 0. The first-order valence-corrected chi connectivity index (χ1v) is 5.91. The highest BCUT2D eigenvalue weighted by atomic mass is 16.5. The first-order valence-electron chi connectivity index (χ1n) is 5.91. The van der Waals surface area contributed by atoms with E-state index in [0.29, 0.717) is 0 Å². The molecule has 0 aromatic carbocycles. The lowest BCUT2D eigenvalue weighted by molar-refractivity contribution is -0.160. The van der Waals surface area contributed by atoms with Crippen LogP contribution in [-0.2, 0) is 20.9 Å². The van der Waals surface area contributed by atoms with Crippen LogP contribution in [-0.4, -0.2) is 34.9 Å². The summed E-state index contributed by atoms with van der Waals surface area (Å²) < 4.78 is 4.67. The van der Waals surface area contributed by atoms with E-state index in [1.165, 1.54) is 4.90 Å². The monoisotopic (exact) mass is 261 g/mol. The number of ether oxygens (including phenoxy) is 1. The lowest BCUT2D eigenvalue weighted by Gasteiger charge is -2.20. The molecular weight excluding hydrogens is 246 g/mol. The van der Waals surface area contributed by atoms with Crippen LogP contribution in [0.3, 0.4) is 0 Å². The molecule has 100 valence electrons. The van der Waals surface area contributed by atoms with Crippen molar-refractivity contribution in [2.24, 2.45) is 0 Å². The van der Waals surface area contributed by atoms with E-state index in [9.17, 15) is 9.59 Å². The largest absolute Gasteiger partial charge is 0.459 e. The Morgan fingerprint density at radius 1 is 1.53 bits per heavy atom. The molecule has 0 atom stereocenters. The van der Waals surface area contributed by atoms with Gasteiger partial charge in [0, 0.05) is 25.5 Å². The quantitative estimate of drug-likeness (QED) is 0.580. The Hall–Kier alpha value is -2.42. The normalized spacial score (nSPS) is 9.47. The van der Waals surface area contributed by atoms with Gasteiger partial charge in [-0.05, 0) is 18.6 Å². The van der Waals surface area contributed by atoms with Gasteiger partial charge in [-0.15, -0.1) is 0 Å². The van der Waals surface area contributed by atoms with E-state index in [-0.39, 0.29) is 26.1 Å². The van der Waals surface area contributed by atoms with Gasteiger partial charge in [0.05, 0.1) is 19.1 Å². The molecule has 0 bridgehead atoms. The lowest BCUT2D eigenvalue weighted by atomic mass is 10.2. The second-order valence-electron chi connectivity index (χ2n) is 3.72. The average molecular weight is 261 g/mol. The Labute approximate surface area is 111 Å². The van der Waals surface area contributed by atoms with Crippen LogP contribution in [0.5, 0.6) is 0 Å². The summed E-state index contributed by atoms with van der Waals surface area (Å²) in [6, 6.07) is 5.49. The molecule has 1 rings (SSSR count). The number of esters is 1. The minimum Gasteiger partial charge on any atom is -0.459 e. The van der Waals surface area contributed by atoms with Crippen molar-refractivity contribution in [1.29, 1.82) is 5.26 Å². The van der Waals surface area contributed by atoms with E-state index in [2.05, 4.69) is 9.72 Å². The van der Waals surface area contributed by atoms with Crippen molar-refractivity contribution in [2.45, 2.75) is 19.9 Å². The standard InChI is InChI=1S/C13H15N3O3/c1-2-19-13(18)12(17)16(8-4-6-14)10-11-5-3-7-15-9-11/h3,5,7,9H,2,4,8,10H2,1H3. The minimum absolute atomic E-state index is 0.142. The number of rotatable bonds is 5. The van der Waals surface area contributed by atoms with E-state index in [1.807, 2.05) is 6.07 Å². The van der Waals surface area contributed by atoms with Crippen LogP contribution in [0.4, 0.5) is 0 Å². The maximum atomic E-state index is 11.9. The van der Waals surface area contributed by atoms with E-state index in [4.69, 9.17) is 5.26 Å². The maximum absolute atomic E-state index is 11.9. The number of nitriles is 1. The Balaban J connectivity index is 2.74. The molecule has 6 nitrogen and oxygen atoms in total. The molecule has 0 aliphatic carbocycles. The zero-order valence-electron chi connectivity index (χ0n) is 10.7. The Bertz CT molecular complexity index is 468. The van der Waals surface area contributed by atoms with Crippen LogP contribution in [0, 0.1) is 11.3 Å². The fraction of sp³-hybridized carbons (Fsp3) is 0.385. The van der Waals surface area contributed by atoms with Gasteiger partial charge in [-0.2, -0.15) is 5.26 Å². The van der Waals surface area contributed by atoms with Crippen molar-refractivity contribution < 1.29 is 14.3 Å². The molecular formula is C13H15N3O3. The molecule has 0 aliphatic heterocycles. The van der Waals surface area contributed by atoms with Crippen molar-refractivity contribution in [3.8, 4) is 6.07 Å². The van der Waals surface area contributed by atoms with Gasteiger partial charge in [-0.25, -0.2) is 4.79 Å². The zero-order valence-corrected chi connectivity index (χ0v) is 10.7. The number of pyridine rings is 1. The number of aromatic nitrogens is 1. The van der Waals surface area contributed by atoms with Gasteiger partial charge in [0.25, 0.3) is 0 Å². The van der Waals surface area contributed by atoms with Crippen LogP contribution in [0.15, 0.2) is 24.5 Å². The van der Waals surface area contributed by atoms with Crippen molar-refractivity contribution in [3.05, 3.63) is 30.1 Å². The van der Waals surface area contributed by atoms with Crippen molar-refractivity contribution >= 4 is 11.9 Å². The molecule has 1 aromatic heterocycles. The first kappa shape index (κ1) is 14.6. The molecule has 1 heterocycles. The summed E-state index contributed by atoms with van der Waals surface area (Å²) in [5, 5.41) is 8.59. The third-order valence-electron chi connectivity index (χ3n) is 2.33. The summed E-state index contributed by atoms with van der Waals surface area (Å²) in [6.45, 7) is 2.19. The van der Waals surface area contributed by atoms with Crippen LogP contribution < -0.4 is 0 Å². The Morgan fingerprint density at radius 2 is 2.32 bits per heavy atom. The van der Waals surface area contributed by atoms with Gasteiger partial charge >= 0.3 is 11.9 Å². The molecule has 0 aliphatic rings. The minimum atomic E-state index is -0.899. The fourth-order valence-corrected chi connectivity index (χ4v) is 1.47. The van der Waals surface area contributed by atoms with Crippen LogP contribution in [0.1, 0.15) is 18.9 Å². The summed E-state index contributed by atoms with van der Waals surface area (Å²) in [5.41, 5.74) is 0.790. The highest BCUT2D eigenvalue weighted by molar-refractivity contribution is 6.32. The SMILES string of the molecule is CCOC(=O)C(=O)N(CCC#N)Cc1cccnc1. The van der Waals surface area contributed by atoms with Crippen LogP contribution in [0.25, 0.3) is 0 Å². The number of carbonyl (C=O) groups is 2. The van der Waals surface area contributed by atoms with E-state index < -0.39 is 11.9 Å². The molecule has 0 saturated carbocycles. The molecule has 1 amide bonds. The molecule has 1 aromatic rings. The molecule has 0 saturated heterocycles. The maximum Gasteiger partial charge on any atom is 0.397 e. The summed E-state index contributed by atoms with van der Waals surface area (Å²) in [6.07, 6.45) is 3.39. The lowest BCUT2D eigenvalue weighted by Crippen LogP contribution is -2.37. The van der Waals surface area contributed by atoms with E-state index in [0.717, 1.165) is 5.56 Å². The van der Waals surface area contributed by atoms with Crippen molar-refractivity contribution in [3.63, 3.8) is 0 Å². The first-order chi connectivity index (χ1) is 9.19. The number of nitrogens with zero attached hydrogens (tertiary/aromatic N) is 3. The Kier molecular flexibility index (Phi) is 6.03. The molecule has 0 N–H and O–H groups in total. The average Bonchev–Trinajstić information content (AvgIpc) is 2.44. The Morgan fingerprint density at radius 3 is 2.89 bits per heavy atom. The number of carbonyl (C=O) groups excluding carboxylic acids is 2. The molecule has 0 radical (unpaired) electrons. The zero-order chi connectivity index (χ0) is 14.1. The van der Waals surface area contributed by atoms with Gasteiger partial charge in [-0.3, -0.25) is 9.78 Å². The van der Waals surface area contributed by atoms with Gasteiger partial charge in [0.2, 0.25) is 0 Å². The fourth-order valence-electron chi connectivity index (χ4n) is 1.47. The van der Waals surface area contributed by atoms with Gasteiger partial charge < -0.3 is 9.64 Å². The van der Waals surface area contributed by atoms with Gasteiger partial charge in [0.15, 0.2) is 0 Å². The molecule has 0 spiro atoms. The molecule has 0 fully saturated rings. The summed E-state index contributed by atoms with van der Waals surface area (Å²) in [5.74, 6) is -1.63. The third-order valence-corrected chi connectivity index (χ3v) is 2.33. The predicted octanol–water partition coefficient (Wildman–Crippen LogP) is 0.887. The van der Waals surface area contributed by atoms with E-state index in [1.54, 1.807) is 31.5 Å². The number of amides is 1. The summed E-state index contributed by atoms with van der Waals surface area (Å²) in [4.78, 5) is 28.5. The highest BCUT2D eigenvalue weighted by Crippen LogP contribution is 2.05. The van der Waals surface area contributed by atoms with Gasteiger partial charge in [0.1, 0.15) is 0 Å². The summed E-state index contributed by atoms with van der Waals surface area (Å²) >= 11 is 0. The molecule has 0 unspecified atom stereocenters. The second-order valence-corrected chi connectivity index (χ2v) is 3.72. The number of hydrogen-bond acceptors (Lipinski definition) is 5. The van der Waals surface area contributed by atoms with Crippen LogP contribution >= 0.6 is 0 Å². The van der Waals surface area contributed by atoms with Crippen LogP contribution in [0.2, 0.25) is 0 Å². The van der Waals surface area contributed by atoms with E-state index >= 15 is 0 Å². The number of hydrogen-bond donors (Lipinski definition) is 0. The highest BCUT2D eigenvalue weighted by Gasteiger charge is 2.22. The van der Waals surface area contributed by atoms with Crippen molar-refractivity contribution in [2.75, 3.05) is 13.2 Å². The van der Waals surface area contributed by atoms with Crippen molar-refractivity contribution in [1.82, 2.24) is 9.88 Å².